The molecule has 1 aromatic carbocycles. The normalized spacial score (nSPS) is 16.9. The number of likely N-dealkylation sites (tertiary alicyclic amines) is 1. The Morgan fingerprint density at radius 3 is 2.68 bits per heavy atom. The zero-order valence-corrected chi connectivity index (χ0v) is 14.1. The predicted octanol–water partition coefficient (Wildman–Crippen LogP) is 1.26. The van der Waals surface area contributed by atoms with Crippen molar-refractivity contribution < 1.29 is 9.59 Å². The van der Waals surface area contributed by atoms with Crippen LogP contribution in [0, 0.1) is 6.92 Å². The van der Waals surface area contributed by atoms with E-state index in [2.05, 4.69) is 10.3 Å². The number of rotatable bonds is 5. The molecule has 1 aromatic heterocycles. The first kappa shape index (κ1) is 17.0. The summed E-state index contributed by atoms with van der Waals surface area (Å²) in [5, 5.41) is 2.79. The van der Waals surface area contributed by atoms with Crippen molar-refractivity contribution in [2.24, 2.45) is 0 Å². The topological polar surface area (TPSA) is 82.3 Å². The van der Waals surface area contributed by atoms with Gasteiger partial charge in [0, 0.05) is 25.2 Å². The fourth-order valence-electron chi connectivity index (χ4n) is 3.01. The molecule has 130 valence electrons. The van der Waals surface area contributed by atoms with E-state index < -0.39 is 11.5 Å². The molecule has 25 heavy (non-hydrogen) atoms. The number of aromatic nitrogens is 1. The molecule has 1 unspecified atom stereocenters. The second-order valence-electron chi connectivity index (χ2n) is 6.33. The Kier molecular flexibility index (Phi) is 4.97. The highest BCUT2D eigenvalue weighted by atomic mass is 16.2. The maximum atomic E-state index is 12.3. The Bertz CT molecular complexity index is 829. The van der Waals surface area contributed by atoms with Crippen molar-refractivity contribution in [3.8, 4) is 0 Å². The van der Waals surface area contributed by atoms with E-state index in [-0.39, 0.29) is 23.9 Å². The number of hydrogen-bond acceptors (Lipinski definition) is 3. The number of amides is 2. The summed E-state index contributed by atoms with van der Waals surface area (Å²) in [6, 6.07) is 12.9. The van der Waals surface area contributed by atoms with Crippen LogP contribution in [0.1, 0.15) is 28.0 Å². The molecule has 6 heteroatoms. The molecule has 3 rings (SSSR count). The average molecular weight is 339 g/mol. The molecule has 1 saturated heterocycles. The van der Waals surface area contributed by atoms with Gasteiger partial charge in [-0.1, -0.05) is 30.3 Å². The molecule has 2 amide bonds. The standard InChI is InChI=1S/C19H21N3O3/c1-13-7-8-16(18(24)20-13)19(25)21-15-11-17(23)22(12-15)10-9-14-5-3-2-4-6-14/h2-8,15H,9-12H2,1H3,(H,20,24)(H,21,25). The fourth-order valence-corrected chi connectivity index (χ4v) is 3.01. The highest BCUT2D eigenvalue weighted by molar-refractivity contribution is 5.94. The first-order valence-corrected chi connectivity index (χ1v) is 8.35. The van der Waals surface area contributed by atoms with E-state index in [4.69, 9.17) is 0 Å². The van der Waals surface area contributed by atoms with Crippen molar-refractivity contribution in [3.05, 3.63) is 69.6 Å². The third-order valence-corrected chi connectivity index (χ3v) is 4.36. The SMILES string of the molecule is Cc1ccc(C(=O)NC2CC(=O)N(CCc3ccccc3)C2)c(=O)[nH]1. The minimum absolute atomic E-state index is 0.0269. The molecule has 0 spiro atoms. The summed E-state index contributed by atoms with van der Waals surface area (Å²) in [5.74, 6) is -0.414. The first-order chi connectivity index (χ1) is 12.0. The lowest BCUT2D eigenvalue weighted by atomic mass is 10.1. The third-order valence-electron chi connectivity index (χ3n) is 4.36. The molecule has 1 aliphatic heterocycles. The Morgan fingerprint density at radius 2 is 1.96 bits per heavy atom. The molecular weight excluding hydrogens is 318 g/mol. The van der Waals surface area contributed by atoms with E-state index >= 15 is 0 Å². The van der Waals surface area contributed by atoms with Crippen LogP contribution in [0.25, 0.3) is 0 Å². The Labute approximate surface area is 145 Å². The highest BCUT2D eigenvalue weighted by Crippen LogP contribution is 2.13. The smallest absolute Gasteiger partial charge is 0.260 e. The van der Waals surface area contributed by atoms with Crippen LogP contribution in [0.3, 0.4) is 0 Å². The van der Waals surface area contributed by atoms with Gasteiger partial charge in [-0.3, -0.25) is 14.4 Å². The number of nitrogens with zero attached hydrogens (tertiary/aromatic N) is 1. The van der Waals surface area contributed by atoms with Crippen LogP contribution in [0.4, 0.5) is 0 Å². The molecule has 1 aliphatic rings. The number of aryl methyl sites for hydroxylation is 1. The second-order valence-corrected chi connectivity index (χ2v) is 6.33. The van der Waals surface area contributed by atoms with Crippen LogP contribution in [0.5, 0.6) is 0 Å². The van der Waals surface area contributed by atoms with E-state index in [9.17, 15) is 14.4 Å². The van der Waals surface area contributed by atoms with Crippen molar-refractivity contribution in [2.45, 2.75) is 25.8 Å². The number of pyridine rings is 1. The molecule has 0 aliphatic carbocycles. The van der Waals surface area contributed by atoms with Crippen LogP contribution >= 0.6 is 0 Å². The number of nitrogens with one attached hydrogen (secondary N) is 2. The molecule has 2 aromatic rings. The minimum Gasteiger partial charge on any atom is -0.347 e. The largest absolute Gasteiger partial charge is 0.347 e. The van der Waals surface area contributed by atoms with Gasteiger partial charge in [-0.15, -0.1) is 0 Å². The van der Waals surface area contributed by atoms with Gasteiger partial charge in [-0.25, -0.2) is 0 Å². The van der Waals surface area contributed by atoms with Crippen molar-refractivity contribution in [3.63, 3.8) is 0 Å². The first-order valence-electron chi connectivity index (χ1n) is 8.35. The van der Waals surface area contributed by atoms with Crippen molar-refractivity contribution in [2.75, 3.05) is 13.1 Å². The quantitative estimate of drug-likeness (QED) is 0.860. The van der Waals surface area contributed by atoms with Gasteiger partial charge in [-0.05, 0) is 31.0 Å². The van der Waals surface area contributed by atoms with Gasteiger partial charge in [0.25, 0.3) is 11.5 Å². The van der Waals surface area contributed by atoms with Crippen molar-refractivity contribution in [1.82, 2.24) is 15.2 Å². The van der Waals surface area contributed by atoms with E-state index in [1.54, 1.807) is 17.9 Å². The molecule has 2 N–H and O–H groups in total. The number of carbonyl (C=O) groups excluding carboxylic acids is 2. The number of benzene rings is 1. The summed E-state index contributed by atoms with van der Waals surface area (Å²) in [5.41, 5.74) is 1.53. The number of H-pyrrole nitrogens is 1. The Hall–Kier alpha value is -2.89. The van der Waals surface area contributed by atoms with Crippen LogP contribution in [-0.4, -0.2) is 40.8 Å². The monoisotopic (exact) mass is 339 g/mol. The zero-order valence-electron chi connectivity index (χ0n) is 14.1. The van der Waals surface area contributed by atoms with Crippen LogP contribution in [0.2, 0.25) is 0 Å². The fraction of sp³-hybridized carbons (Fsp3) is 0.316. The van der Waals surface area contributed by atoms with Gasteiger partial charge in [-0.2, -0.15) is 0 Å². The molecule has 0 saturated carbocycles. The summed E-state index contributed by atoms with van der Waals surface area (Å²) < 4.78 is 0. The summed E-state index contributed by atoms with van der Waals surface area (Å²) in [6.07, 6.45) is 1.05. The maximum Gasteiger partial charge on any atom is 0.260 e. The summed E-state index contributed by atoms with van der Waals surface area (Å²) in [4.78, 5) is 40.6. The maximum absolute atomic E-state index is 12.3. The molecule has 1 atom stereocenters. The van der Waals surface area contributed by atoms with Crippen molar-refractivity contribution in [1.29, 1.82) is 0 Å². The highest BCUT2D eigenvalue weighted by Gasteiger charge is 2.30. The van der Waals surface area contributed by atoms with Gasteiger partial charge >= 0.3 is 0 Å². The lowest BCUT2D eigenvalue weighted by Crippen LogP contribution is -2.39. The molecule has 0 bridgehead atoms. The molecule has 6 nitrogen and oxygen atoms in total. The van der Waals surface area contributed by atoms with Gasteiger partial charge in [0.15, 0.2) is 0 Å². The Balaban J connectivity index is 1.57. The molecule has 0 radical (unpaired) electrons. The van der Waals surface area contributed by atoms with E-state index in [1.807, 2.05) is 30.3 Å². The van der Waals surface area contributed by atoms with E-state index in [0.29, 0.717) is 18.8 Å². The number of carbonyl (C=O) groups is 2. The number of aromatic amines is 1. The predicted molar refractivity (Wildman–Crippen MR) is 94.4 cm³/mol. The van der Waals surface area contributed by atoms with Gasteiger partial charge in [0.05, 0.1) is 6.04 Å². The molecular formula is C19H21N3O3. The van der Waals surface area contributed by atoms with Gasteiger partial charge in [0.1, 0.15) is 5.56 Å². The second kappa shape index (κ2) is 7.34. The van der Waals surface area contributed by atoms with Gasteiger partial charge in [0.2, 0.25) is 5.91 Å². The Morgan fingerprint density at radius 1 is 1.20 bits per heavy atom. The zero-order chi connectivity index (χ0) is 17.8. The van der Waals surface area contributed by atoms with E-state index in [0.717, 1.165) is 6.42 Å². The molecule has 1 fully saturated rings. The average Bonchev–Trinajstić information content (AvgIpc) is 2.93. The lowest BCUT2D eigenvalue weighted by Gasteiger charge is -2.17. The summed E-state index contributed by atoms with van der Waals surface area (Å²) in [6.45, 7) is 2.85. The van der Waals surface area contributed by atoms with E-state index in [1.165, 1.54) is 11.6 Å². The third kappa shape index (κ3) is 4.15. The summed E-state index contributed by atoms with van der Waals surface area (Å²) >= 11 is 0. The van der Waals surface area contributed by atoms with Crippen LogP contribution in [-0.2, 0) is 11.2 Å². The number of hydrogen-bond donors (Lipinski definition) is 2. The van der Waals surface area contributed by atoms with Crippen LogP contribution < -0.4 is 10.9 Å². The summed E-state index contributed by atoms with van der Waals surface area (Å²) in [7, 11) is 0. The van der Waals surface area contributed by atoms with Crippen molar-refractivity contribution >= 4 is 11.8 Å². The van der Waals surface area contributed by atoms with Crippen LogP contribution in [0.15, 0.2) is 47.3 Å². The lowest BCUT2D eigenvalue weighted by molar-refractivity contribution is -0.127. The van der Waals surface area contributed by atoms with Gasteiger partial charge < -0.3 is 15.2 Å². The minimum atomic E-state index is -0.441. The molecule has 2 heterocycles.